The Hall–Kier alpha value is -0.640. The molecule has 0 amide bonds. The van der Waals surface area contributed by atoms with E-state index >= 15 is 0 Å². The monoisotopic (exact) mass is 395 g/mol. The lowest BCUT2D eigenvalue weighted by Crippen LogP contribution is -2.25. The van der Waals surface area contributed by atoms with Crippen molar-refractivity contribution in [1.82, 2.24) is 4.90 Å². The second-order valence-corrected chi connectivity index (χ2v) is 6.65. The molecule has 0 aromatic heterocycles. The molecule has 0 aliphatic carbocycles. The molecule has 1 unspecified atom stereocenters. The first kappa shape index (κ1) is 15.7. The third kappa shape index (κ3) is 4.72. The topological polar surface area (TPSA) is 3.24 Å². The van der Waals surface area contributed by atoms with Gasteiger partial charge in [-0.15, -0.1) is 0 Å². The molecule has 0 radical (unpaired) electrons. The van der Waals surface area contributed by atoms with Gasteiger partial charge in [0.15, 0.2) is 0 Å². The summed E-state index contributed by atoms with van der Waals surface area (Å²) in [6.45, 7) is 2.01. The van der Waals surface area contributed by atoms with E-state index in [-0.39, 0.29) is 0 Å². The van der Waals surface area contributed by atoms with Crippen molar-refractivity contribution < 1.29 is 0 Å². The molecule has 0 bridgehead atoms. The first-order chi connectivity index (χ1) is 9.69. The summed E-state index contributed by atoms with van der Waals surface area (Å²) < 4.78 is 1.14. The molecule has 106 valence electrons. The van der Waals surface area contributed by atoms with Crippen molar-refractivity contribution in [1.29, 1.82) is 0 Å². The summed E-state index contributed by atoms with van der Waals surface area (Å²) in [6.07, 6.45) is 0. The number of nitrogens with zero attached hydrogens (tertiary/aromatic N) is 1. The van der Waals surface area contributed by atoms with Crippen molar-refractivity contribution in [2.75, 3.05) is 18.9 Å². The maximum Gasteiger partial charge on any atom is 0.0231 e. The molecular formula is C17H19Br2N. The Morgan fingerprint density at radius 3 is 2.45 bits per heavy atom. The Balaban J connectivity index is 1.97. The van der Waals surface area contributed by atoms with Crippen LogP contribution in [-0.4, -0.2) is 23.8 Å². The van der Waals surface area contributed by atoms with Crippen LogP contribution in [0.25, 0.3) is 0 Å². The van der Waals surface area contributed by atoms with Crippen molar-refractivity contribution in [3.05, 3.63) is 70.2 Å². The number of halogens is 2. The van der Waals surface area contributed by atoms with E-state index in [1.807, 2.05) is 0 Å². The highest BCUT2D eigenvalue weighted by molar-refractivity contribution is 9.10. The Bertz CT molecular complexity index is 528. The van der Waals surface area contributed by atoms with E-state index in [9.17, 15) is 0 Å². The van der Waals surface area contributed by atoms with Gasteiger partial charge < -0.3 is 4.90 Å². The van der Waals surface area contributed by atoms with E-state index < -0.39 is 0 Å². The van der Waals surface area contributed by atoms with E-state index in [1.165, 1.54) is 11.1 Å². The first-order valence-corrected chi connectivity index (χ1v) is 8.64. The molecule has 0 fully saturated rings. The van der Waals surface area contributed by atoms with Gasteiger partial charge in [0.2, 0.25) is 0 Å². The lowest BCUT2D eigenvalue weighted by molar-refractivity contribution is 0.311. The predicted octanol–water partition coefficient (Wildman–Crippen LogP) is 5.06. The van der Waals surface area contributed by atoms with Gasteiger partial charge in [-0.25, -0.2) is 0 Å². The van der Waals surface area contributed by atoms with Crippen LogP contribution >= 0.6 is 31.9 Å². The quantitative estimate of drug-likeness (QED) is 0.616. The first-order valence-electron chi connectivity index (χ1n) is 6.73. The van der Waals surface area contributed by atoms with E-state index in [1.54, 1.807) is 0 Å². The standard InChI is InChI=1S/C17H19Br2N/c1-20(12-14-6-5-9-17(19)10-14)13-16(11-18)15-7-3-2-4-8-15/h2-10,16H,11-13H2,1H3. The van der Waals surface area contributed by atoms with E-state index in [0.717, 1.165) is 22.9 Å². The van der Waals surface area contributed by atoms with Crippen molar-refractivity contribution >= 4 is 31.9 Å². The SMILES string of the molecule is CN(Cc1cccc(Br)c1)CC(CBr)c1ccccc1. The molecule has 0 saturated carbocycles. The van der Waals surface area contributed by atoms with Crippen LogP contribution in [0.4, 0.5) is 0 Å². The van der Waals surface area contributed by atoms with Gasteiger partial charge in [0.25, 0.3) is 0 Å². The molecular weight excluding hydrogens is 378 g/mol. The highest BCUT2D eigenvalue weighted by Crippen LogP contribution is 2.20. The van der Waals surface area contributed by atoms with Crippen LogP contribution in [-0.2, 0) is 6.54 Å². The Labute approximate surface area is 138 Å². The van der Waals surface area contributed by atoms with Crippen LogP contribution in [0.3, 0.4) is 0 Å². The zero-order valence-corrected chi connectivity index (χ0v) is 14.8. The average Bonchev–Trinajstić information content (AvgIpc) is 2.45. The third-order valence-corrected chi connectivity index (χ3v) is 4.61. The molecule has 2 rings (SSSR count). The lowest BCUT2D eigenvalue weighted by atomic mass is 10.0. The zero-order chi connectivity index (χ0) is 14.4. The molecule has 0 aliphatic heterocycles. The van der Waals surface area contributed by atoms with Crippen molar-refractivity contribution in [2.24, 2.45) is 0 Å². The number of rotatable bonds is 6. The Morgan fingerprint density at radius 2 is 1.80 bits per heavy atom. The van der Waals surface area contributed by atoms with Crippen LogP contribution < -0.4 is 0 Å². The highest BCUT2D eigenvalue weighted by Gasteiger charge is 2.12. The van der Waals surface area contributed by atoms with Crippen molar-refractivity contribution in [3.8, 4) is 0 Å². The van der Waals surface area contributed by atoms with Gasteiger partial charge in [0.1, 0.15) is 0 Å². The summed E-state index contributed by atoms with van der Waals surface area (Å²) in [5.41, 5.74) is 2.73. The molecule has 0 spiro atoms. The summed E-state index contributed by atoms with van der Waals surface area (Å²) >= 11 is 7.17. The van der Waals surface area contributed by atoms with Gasteiger partial charge in [0.05, 0.1) is 0 Å². The molecule has 0 N–H and O–H groups in total. The van der Waals surface area contributed by atoms with Crippen molar-refractivity contribution in [2.45, 2.75) is 12.5 Å². The molecule has 20 heavy (non-hydrogen) atoms. The molecule has 2 aromatic rings. The van der Waals surface area contributed by atoms with Crippen molar-refractivity contribution in [3.63, 3.8) is 0 Å². The van der Waals surface area contributed by atoms with Gasteiger partial charge in [0, 0.05) is 28.8 Å². The summed E-state index contributed by atoms with van der Waals surface area (Å²) in [6, 6.07) is 19.2. The molecule has 3 heteroatoms. The van der Waals surface area contributed by atoms with Gasteiger partial charge in [-0.3, -0.25) is 0 Å². The fraction of sp³-hybridized carbons (Fsp3) is 0.294. The van der Waals surface area contributed by atoms with Gasteiger partial charge in [-0.1, -0.05) is 74.3 Å². The molecule has 2 aromatic carbocycles. The number of alkyl halides is 1. The second kappa shape index (κ2) is 7.96. The molecule has 0 aliphatic rings. The van der Waals surface area contributed by atoms with Crippen LogP contribution in [0.5, 0.6) is 0 Å². The van der Waals surface area contributed by atoms with Crippen LogP contribution in [0, 0.1) is 0 Å². The fourth-order valence-corrected chi connectivity index (χ4v) is 3.38. The smallest absolute Gasteiger partial charge is 0.0231 e. The number of likely N-dealkylation sites (N-methyl/N-ethyl adjacent to an activating group) is 1. The van der Waals surface area contributed by atoms with Crippen LogP contribution in [0.2, 0.25) is 0 Å². The maximum atomic E-state index is 3.64. The fourth-order valence-electron chi connectivity index (χ4n) is 2.36. The summed E-state index contributed by atoms with van der Waals surface area (Å²) in [7, 11) is 2.18. The van der Waals surface area contributed by atoms with E-state index in [4.69, 9.17) is 0 Å². The van der Waals surface area contributed by atoms with Gasteiger partial charge >= 0.3 is 0 Å². The summed E-state index contributed by atoms with van der Waals surface area (Å²) in [5.74, 6) is 0.522. The second-order valence-electron chi connectivity index (χ2n) is 5.09. The third-order valence-electron chi connectivity index (χ3n) is 3.33. The van der Waals surface area contributed by atoms with Crippen LogP contribution in [0.1, 0.15) is 17.0 Å². The maximum absolute atomic E-state index is 3.64. The number of hydrogen-bond acceptors (Lipinski definition) is 1. The average molecular weight is 397 g/mol. The molecule has 0 saturated heterocycles. The Kier molecular flexibility index (Phi) is 6.27. The van der Waals surface area contributed by atoms with Crippen LogP contribution in [0.15, 0.2) is 59.1 Å². The molecule has 0 heterocycles. The van der Waals surface area contributed by atoms with E-state index in [2.05, 4.69) is 98.4 Å². The Morgan fingerprint density at radius 1 is 1.05 bits per heavy atom. The summed E-state index contributed by atoms with van der Waals surface area (Å²) in [4.78, 5) is 2.38. The highest BCUT2D eigenvalue weighted by atomic mass is 79.9. The molecule has 1 nitrogen and oxygen atoms in total. The zero-order valence-electron chi connectivity index (χ0n) is 11.6. The lowest BCUT2D eigenvalue weighted by Gasteiger charge is -2.23. The number of benzene rings is 2. The minimum absolute atomic E-state index is 0.522. The molecule has 1 atom stereocenters. The predicted molar refractivity (Wildman–Crippen MR) is 93.5 cm³/mol. The van der Waals surface area contributed by atoms with Gasteiger partial charge in [-0.2, -0.15) is 0 Å². The normalized spacial score (nSPS) is 12.6. The number of hydrogen-bond donors (Lipinski definition) is 0. The minimum atomic E-state index is 0.522. The summed E-state index contributed by atoms with van der Waals surface area (Å²) in [5, 5.41) is 0.986. The van der Waals surface area contributed by atoms with Gasteiger partial charge in [-0.05, 0) is 30.3 Å². The largest absolute Gasteiger partial charge is 0.301 e. The van der Waals surface area contributed by atoms with E-state index in [0.29, 0.717) is 5.92 Å². The minimum Gasteiger partial charge on any atom is -0.301 e.